The summed E-state index contributed by atoms with van der Waals surface area (Å²) in [5, 5.41) is 11.3. The van der Waals surface area contributed by atoms with Crippen LogP contribution in [0.1, 0.15) is 56.5 Å². The van der Waals surface area contributed by atoms with Crippen LogP contribution in [-0.4, -0.2) is 56.6 Å². The summed E-state index contributed by atoms with van der Waals surface area (Å²) in [5.41, 5.74) is 2.55. The minimum atomic E-state index is -0.509. The van der Waals surface area contributed by atoms with Crippen molar-refractivity contribution in [3.05, 3.63) is 47.7 Å². The molecule has 1 amide bonds. The molecule has 2 aromatic heterocycles. The molecule has 180 valence electrons. The van der Waals surface area contributed by atoms with Crippen LogP contribution in [0.25, 0.3) is 5.65 Å². The number of aromatic nitrogens is 3. The lowest BCUT2D eigenvalue weighted by Crippen LogP contribution is -2.44. The summed E-state index contributed by atoms with van der Waals surface area (Å²) in [4.78, 5) is 30.3. The first-order valence-electron chi connectivity index (χ1n) is 11.7. The SMILES string of the molecule is CCc1cccc(Nc2cc(NC3CCN(C(=O)OC(C)(C)C)CC3)n3ncc(C=O)c3n2)c1. The van der Waals surface area contributed by atoms with Crippen molar-refractivity contribution in [1.29, 1.82) is 0 Å². The summed E-state index contributed by atoms with van der Waals surface area (Å²) in [5.74, 6) is 1.36. The van der Waals surface area contributed by atoms with E-state index in [2.05, 4.69) is 39.8 Å². The highest BCUT2D eigenvalue weighted by molar-refractivity contribution is 5.85. The Kier molecular flexibility index (Phi) is 6.72. The summed E-state index contributed by atoms with van der Waals surface area (Å²) >= 11 is 0. The first-order chi connectivity index (χ1) is 16.3. The van der Waals surface area contributed by atoms with Crippen molar-refractivity contribution in [3.8, 4) is 0 Å². The largest absolute Gasteiger partial charge is 0.444 e. The third-order valence-electron chi connectivity index (χ3n) is 5.73. The van der Waals surface area contributed by atoms with Gasteiger partial charge in [0.25, 0.3) is 0 Å². The third kappa shape index (κ3) is 5.47. The number of fused-ring (bicyclic) bond motifs is 1. The summed E-state index contributed by atoms with van der Waals surface area (Å²) < 4.78 is 7.15. The summed E-state index contributed by atoms with van der Waals surface area (Å²) in [6.07, 6.45) is 4.49. The quantitative estimate of drug-likeness (QED) is 0.512. The Balaban J connectivity index is 1.52. The van der Waals surface area contributed by atoms with E-state index >= 15 is 0 Å². The van der Waals surface area contributed by atoms with Crippen molar-refractivity contribution in [2.75, 3.05) is 23.7 Å². The Labute approximate surface area is 199 Å². The summed E-state index contributed by atoms with van der Waals surface area (Å²) in [6.45, 7) is 8.94. The van der Waals surface area contributed by atoms with E-state index in [4.69, 9.17) is 4.74 Å². The number of anilines is 3. The molecule has 0 bridgehead atoms. The van der Waals surface area contributed by atoms with Gasteiger partial charge in [-0.1, -0.05) is 19.1 Å². The standard InChI is InChI=1S/C25H32N6O3/c1-5-17-7-6-8-20(13-17)27-21-14-22(31-23(29-21)18(16-32)15-26-31)28-19-9-11-30(12-10-19)24(33)34-25(2,3)4/h6-8,13-16,19,28H,5,9-12H2,1-4H3,(H,27,29). The van der Waals surface area contributed by atoms with Crippen LogP contribution in [0.2, 0.25) is 0 Å². The van der Waals surface area contributed by atoms with Crippen LogP contribution in [0, 0.1) is 0 Å². The third-order valence-corrected chi connectivity index (χ3v) is 5.73. The Hall–Kier alpha value is -3.62. The number of hydrogen-bond donors (Lipinski definition) is 2. The van der Waals surface area contributed by atoms with Gasteiger partial charge in [-0.2, -0.15) is 9.61 Å². The van der Waals surface area contributed by atoms with Gasteiger partial charge in [0.1, 0.15) is 17.2 Å². The van der Waals surface area contributed by atoms with E-state index in [1.165, 1.54) is 11.8 Å². The molecule has 0 atom stereocenters. The Morgan fingerprint density at radius 1 is 1.24 bits per heavy atom. The highest BCUT2D eigenvalue weighted by atomic mass is 16.6. The summed E-state index contributed by atoms with van der Waals surface area (Å²) in [6, 6.07) is 10.2. The number of likely N-dealkylation sites (tertiary alicyclic amines) is 1. The van der Waals surface area contributed by atoms with Gasteiger partial charge in [-0.25, -0.2) is 9.78 Å². The van der Waals surface area contributed by atoms with Gasteiger partial charge in [-0.3, -0.25) is 4.79 Å². The molecule has 34 heavy (non-hydrogen) atoms. The van der Waals surface area contributed by atoms with Gasteiger partial charge in [0, 0.05) is 30.9 Å². The lowest BCUT2D eigenvalue weighted by Gasteiger charge is -2.34. The zero-order valence-electron chi connectivity index (χ0n) is 20.2. The predicted molar refractivity (Wildman–Crippen MR) is 132 cm³/mol. The molecule has 0 radical (unpaired) electrons. The van der Waals surface area contributed by atoms with E-state index < -0.39 is 5.60 Å². The predicted octanol–water partition coefficient (Wildman–Crippen LogP) is 4.66. The number of nitrogens with zero attached hydrogens (tertiary/aromatic N) is 4. The van der Waals surface area contributed by atoms with E-state index in [-0.39, 0.29) is 12.1 Å². The smallest absolute Gasteiger partial charge is 0.410 e. The van der Waals surface area contributed by atoms with Crippen LogP contribution in [0.15, 0.2) is 36.5 Å². The van der Waals surface area contributed by atoms with Gasteiger partial charge < -0.3 is 20.3 Å². The lowest BCUT2D eigenvalue weighted by atomic mass is 10.1. The number of ether oxygens (including phenoxy) is 1. The molecule has 9 nitrogen and oxygen atoms in total. The Morgan fingerprint density at radius 2 is 2.00 bits per heavy atom. The van der Waals surface area contributed by atoms with Crippen LogP contribution in [0.4, 0.5) is 22.1 Å². The molecule has 1 aliphatic heterocycles. The van der Waals surface area contributed by atoms with Crippen molar-refractivity contribution >= 4 is 35.3 Å². The number of aldehydes is 1. The van der Waals surface area contributed by atoms with Crippen molar-refractivity contribution in [2.24, 2.45) is 0 Å². The Morgan fingerprint density at radius 3 is 2.68 bits per heavy atom. The van der Waals surface area contributed by atoms with Gasteiger partial charge in [0.15, 0.2) is 11.9 Å². The molecule has 0 unspecified atom stereocenters. The minimum absolute atomic E-state index is 0.143. The van der Waals surface area contributed by atoms with Gasteiger partial charge in [-0.15, -0.1) is 0 Å². The number of amides is 1. The number of aryl methyl sites for hydroxylation is 1. The average molecular weight is 465 g/mol. The summed E-state index contributed by atoms with van der Waals surface area (Å²) in [7, 11) is 0. The number of carbonyl (C=O) groups is 2. The van der Waals surface area contributed by atoms with Gasteiger partial charge in [0.05, 0.1) is 11.8 Å². The molecule has 2 N–H and O–H groups in total. The topological polar surface area (TPSA) is 101 Å². The molecule has 1 aromatic carbocycles. The second-order valence-corrected chi connectivity index (χ2v) is 9.54. The number of carbonyl (C=O) groups excluding carboxylic acids is 2. The van der Waals surface area contributed by atoms with Crippen LogP contribution >= 0.6 is 0 Å². The normalized spacial score (nSPS) is 14.8. The molecule has 3 aromatic rings. The van der Waals surface area contributed by atoms with Crippen LogP contribution in [-0.2, 0) is 11.2 Å². The van der Waals surface area contributed by atoms with Crippen molar-refractivity contribution in [1.82, 2.24) is 19.5 Å². The van der Waals surface area contributed by atoms with E-state index in [0.29, 0.717) is 30.1 Å². The highest BCUT2D eigenvalue weighted by Gasteiger charge is 2.27. The fourth-order valence-electron chi connectivity index (χ4n) is 3.99. The number of benzene rings is 1. The highest BCUT2D eigenvalue weighted by Crippen LogP contribution is 2.25. The minimum Gasteiger partial charge on any atom is -0.444 e. The Bertz CT molecular complexity index is 1180. The molecule has 0 saturated carbocycles. The van der Waals surface area contributed by atoms with Gasteiger partial charge >= 0.3 is 6.09 Å². The first-order valence-corrected chi connectivity index (χ1v) is 11.7. The molecular formula is C25H32N6O3. The molecule has 1 aliphatic rings. The first kappa shape index (κ1) is 23.5. The zero-order valence-corrected chi connectivity index (χ0v) is 20.2. The van der Waals surface area contributed by atoms with Crippen LogP contribution < -0.4 is 10.6 Å². The van der Waals surface area contributed by atoms with Crippen LogP contribution in [0.3, 0.4) is 0 Å². The number of nitrogens with one attached hydrogen (secondary N) is 2. The maximum atomic E-state index is 12.4. The maximum absolute atomic E-state index is 12.4. The molecule has 4 rings (SSSR count). The van der Waals surface area contributed by atoms with Gasteiger partial charge in [0.2, 0.25) is 0 Å². The molecule has 1 saturated heterocycles. The van der Waals surface area contributed by atoms with Crippen molar-refractivity contribution in [3.63, 3.8) is 0 Å². The van der Waals surface area contributed by atoms with E-state index in [0.717, 1.165) is 37.1 Å². The molecular weight excluding hydrogens is 432 g/mol. The van der Waals surface area contributed by atoms with Crippen LogP contribution in [0.5, 0.6) is 0 Å². The maximum Gasteiger partial charge on any atom is 0.410 e. The van der Waals surface area contributed by atoms with Crippen molar-refractivity contribution < 1.29 is 14.3 Å². The molecule has 0 spiro atoms. The second-order valence-electron chi connectivity index (χ2n) is 9.54. The zero-order chi connectivity index (χ0) is 24.3. The van der Waals surface area contributed by atoms with Gasteiger partial charge in [-0.05, 0) is 57.7 Å². The fourth-order valence-corrected chi connectivity index (χ4v) is 3.99. The molecule has 3 heterocycles. The molecule has 9 heteroatoms. The molecule has 1 fully saturated rings. The second kappa shape index (κ2) is 9.70. The van der Waals surface area contributed by atoms with E-state index in [1.54, 1.807) is 9.42 Å². The number of hydrogen-bond acceptors (Lipinski definition) is 7. The van der Waals surface area contributed by atoms with E-state index in [9.17, 15) is 9.59 Å². The van der Waals surface area contributed by atoms with Crippen molar-refractivity contribution in [2.45, 2.75) is 58.6 Å². The fraction of sp³-hybridized carbons (Fsp3) is 0.440. The molecule has 0 aliphatic carbocycles. The van der Waals surface area contributed by atoms with E-state index in [1.807, 2.05) is 39.0 Å². The monoisotopic (exact) mass is 464 g/mol. The lowest BCUT2D eigenvalue weighted by molar-refractivity contribution is 0.0210. The number of piperidine rings is 1. The average Bonchev–Trinajstić information content (AvgIpc) is 3.22. The number of rotatable bonds is 6.